The molecule has 0 aromatic carbocycles. The average molecular weight is 248 g/mol. The van der Waals surface area contributed by atoms with E-state index in [0.717, 1.165) is 25.6 Å². The standard InChI is InChI=1S/C15H24N2O/c1-12-9-13-3-2-4-15(10-12,11-13)5-7-17-8-6-16-14(17)18/h9,12H,2-8,10-11H2,1H3,(H,16,18). The van der Waals surface area contributed by atoms with E-state index in [1.807, 2.05) is 4.90 Å². The Bertz CT molecular complexity index is 377. The highest BCUT2D eigenvalue weighted by molar-refractivity contribution is 5.76. The van der Waals surface area contributed by atoms with Gasteiger partial charge < -0.3 is 10.2 Å². The Balaban J connectivity index is 1.64. The van der Waals surface area contributed by atoms with Crippen molar-refractivity contribution in [3.8, 4) is 0 Å². The van der Waals surface area contributed by atoms with Gasteiger partial charge in [0.1, 0.15) is 0 Å². The van der Waals surface area contributed by atoms with Crippen LogP contribution in [0.2, 0.25) is 0 Å². The van der Waals surface area contributed by atoms with Gasteiger partial charge >= 0.3 is 6.03 Å². The lowest BCUT2D eigenvalue weighted by Crippen LogP contribution is -2.36. The first kappa shape index (κ1) is 12.1. The zero-order valence-electron chi connectivity index (χ0n) is 11.4. The minimum absolute atomic E-state index is 0.141. The van der Waals surface area contributed by atoms with Crippen molar-refractivity contribution in [1.82, 2.24) is 10.2 Å². The molecule has 2 bridgehead atoms. The van der Waals surface area contributed by atoms with Gasteiger partial charge in [-0.25, -0.2) is 4.79 Å². The molecule has 0 aromatic heterocycles. The number of hydrogen-bond acceptors (Lipinski definition) is 1. The topological polar surface area (TPSA) is 32.3 Å². The van der Waals surface area contributed by atoms with Gasteiger partial charge in [0.05, 0.1) is 0 Å². The van der Waals surface area contributed by atoms with E-state index >= 15 is 0 Å². The fraction of sp³-hybridized carbons (Fsp3) is 0.800. The van der Waals surface area contributed by atoms with Crippen molar-refractivity contribution >= 4 is 6.03 Å². The maximum atomic E-state index is 11.6. The van der Waals surface area contributed by atoms with E-state index in [-0.39, 0.29) is 6.03 Å². The van der Waals surface area contributed by atoms with Gasteiger partial charge in [0.15, 0.2) is 0 Å². The zero-order chi connectivity index (χ0) is 12.6. The first-order valence-electron chi connectivity index (χ1n) is 7.39. The molecule has 0 spiro atoms. The highest BCUT2D eigenvalue weighted by Gasteiger charge is 2.38. The highest BCUT2D eigenvalue weighted by Crippen LogP contribution is 2.50. The SMILES string of the molecule is CC1C=C2CCCC(CCN3CCNC3=O)(C2)C1. The number of urea groups is 1. The Kier molecular flexibility index (Phi) is 3.08. The number of allylic oxidation sites excluding steroid dienone is 2. The molecule has 1 N–H and O–H groups in total. The number of nitrogens with one attached hydrogen (secondary N) is 1. The first-order chi connectivity index (χ1) is 8.67. The quantitative estimate of drug-likeness (QED) is 0.765. The van der Waals surface area contributed by atoms with E-state index in [4.69, 9.17) is 0 Å². The van der Waals surface area contributed by atoms with E-state index < -0.39 is 0 Å². The number of carbonyl (C=O) groups is 1. The third-order valence-corrected chi connectivity index (χ3v) is 4.94. The van der Waals surface area contributed by atoms with Gasteiger partial charge in [0.2, 0.25) is 0 Å². The van der Waals surface area contributed by atoms with Crippen molar-refractivity contribution in [3.63, 3.8) is 0 Å². The van der Waals surface area contributed by atoms with Crippen LogP contribution in [0, 0.1) is 11.3 Å². The van der Waals surface area contributed by atoms with Crippen molar-refractivity contribution in [1.29, 1.82) is 0 Å². The molecule has 2 aliphatic carbocycles. The molecule has 2 fully saturated rings. The van der Waals surface area contributed by atoms with Crippen LogP contribution in [0.1, 0.15) is 45.4 Å². The summed E-state index contributed by atoms with van der Waals surface area (Å²) < 4.78 is 0. The Labute approximate surface area is 110 Å². The molecule has 1 saturated heterocycles. The van der Waals surface area contributed by atoms with Gasteiger partial charge in [0.25, 0.3) is 0 Å². The lowest BCUT2D eigenvalue weighted by atomic mass is 9.62. The second-order valence-electron chi connectivity index (χ2n) is 6.51. The molecule has 2 atom stereocenters. The Hall–Kier alpha value is -0.990. The number of carbonyl (C=O) groups excluding carboxylic acids is 1. The molecule has 2 amide bonds. The fourth-order valence-corrected chi connectivity index (χ4v) is 4.22. The predicted octanol–water partition coefficient (Wildman–Crippen LogP) is 2.93. The van der Waals surface area contributed by atoms with Gasteiger partial charge in [-0.15, -0.1) is 0 Å². The molecule has 100 valence electrons. The smallest absolute Gasteiger partial charge is 0.317 e. The van der Waals surface area contributed by atoms with Gasteiger partial charge in [-0.2, -0.15) is 0 Å². The largest absolute Gasteiger partial charge is 0.336 e. The van der Waals surface area contributed by atoms with E-state index in [1.165, 1.54) is 38.5 Å². The van der Waals surface area contributed by atoms with E-state index in [0.29, 0.717) is 5.41 Å². The van der Waals surface area contributed by atoms with Gasteiger partial charge in [-0.1, -0.05) is 18.6 Å². The first-order valence-corrected chi connectivity index (χ1v) is 7.39. The lowest BCUT2D eigenvalue weighted by molar-refractivity contribution is 0.137. The molecule has 0 aromatic rings. The third kappa shape index (κ3) is 2.27. The average Bonchev–Trinajstić information content (AvgIpc) is 2.71. The molecular weight excluding hydrogens is 224 g/mol. The number of nitrogens with zero attached hydrogens (tertiary/aromatic N) is 1. The Morgan fingerprint density at radius 3 is 3.22 bits per heavy atom. The Morgan fingerprint density at radius 1 is 1.56 bits per heavy atom. The van der Waals surface area contributed by atoms with Crippen molar-refractivity contribution < 1.29 is 4.79 Å². The molecule has 1 heterocycles. The van der Waals surface area contributed by atoms with Crippen molar-refractivity contribution in [2.45, 2.75) is 45.4 Å². The maximum Gasteiger partial charge on any atom is 0.317 e. The summed E-state index contributed by atoms with van der Waals surface area (Å²) in [6.45, 7) is 5.02. The highest BCUT2D eigenvalue weighted by atomic mass is 16.2. The van der Waals surface area contributed by atoms with Crippen molar-refractivity contribution in [3.05, 3.63) is 11.6 Å². The minimum Gasteiger partial charge on any atom is -0.336 e. The van der Waals surface area contributed by atoms with Crippen LogP contribution in [0.3, 0.4) is 0 Å². The molecule has 3 heteroatoms. The summed E-state index contributed by atoms with van der Waals surface area (Å²) in [6, 6.07) is 0.141. The fourth-order valence-electron chi connectivity index (χ4n) is 4.22. The summed E-state index contributed by atoms with van der Waals surface area (Å²) in [6.07, 6.45) is 10.4. The molecule has 3 rings (SSSR count). The summed E-state index contributed by atoms with van der Waals surface area (Å²) in [7, 11) is 0. The van der Waals surface area contributed by atoms with Crippen LogP contribution >= 0.6 is 0 Å². The van der Waals surface area contributed by atoms with Gasteiger partial charge in [-0.05, 0) is 49.9 Å². The minimum atomic E-state index is 0.141. The molecule has 1 aliphatic heterocycles. The van der Waals surface area contributed by atoms with Crippen LogP contribution in [-0.4, -0.2) is 30.6 Å². The number of amides is 2. The van der Waals surface area contributed by atoms with Crippen LogP contribution < -0.4 is 5.32 Å². The molecule has 2 unspecified atom stereocenters. The maximum absolute atomic E-state index is 11.6. The van der Waals surface area contributed by atoms with E-state index in [2.05, 4.69) is 18.3 Å². The zero-order valence-corrected chi connectivity index (χ0v) is 11.4. The normalized spacial score (nSPS) is 35.4. The van der Waals surface area contributed by atoms with Crippen LogP contribution in [0.15, 0.2) is 11.6 Å². The number of rotatable bonds is 3. The van der Waals surface area contributed by atoms with Gasteiger partial charge in [0, 0.05) is 19.6 Å². The summed E-state index contributed by atoms with van der Waals surface area (Å²) >= 11 is 0. The van der Waals surface area contributed by atoms with Crippen LogP contribution in [0.4, 0.5) is 4.79 Å². The molecule has 1 saturated carbocycles. The summed E-state index contributed by atoms with van der Waals surface area (Å²) in [4.78, 5) is 13.6. The van der Waals surface area contributed by atoms with Crippen LogP contribution in [0.5, 0.6) is 0 Å². The van der Waals surface area contributed by atoms with Crippen molar-refractivity contribution in [2.75, 3.05) is 19.6 Å². The van der Waals surface area contributed by atoms with E-state index in [9.17, 15) is 4.79 Å². The molecule has 3 aliphatic rings. The summed E-state index contributed by atoms with van der Waals surface area (Å²) in [5, 5.41) is 2.90. The summed E-state index contributed by atoms with van der Waals surface area (Å²) in [5.74, 6) is 0.737. The number of fused-ring (bicyclic) bond motifs is 2. The molecule has 3 nitrogen and oxygen atoms in total. The third-order valence-electron chi connectivity index (χ3n) is 4.94. The predicted molar refractivity (Wildman–Crippen MR) is 72.4 cm³/mol. The van der Waals surface area contributed by atoms with E-state index in [1.54, 1.807) is 5.57 Å². The monoisotopic (exact) mass is 248 g/mol. The second-order valence-corrected chi connectivity index (χ2v) is 6.51. The molecule has 0 radical (unpaired) electrons. The van der Waals surface area contributed by atoms with Crippen LogP contribution in [0.25, 0.3) is 0 Å². The lowest BCUT2D eigenvalue weighted by Gasteiger charge is -2.44. The Morgan fingerprint density at radius 2 is 2.44 bits per heavy atom. The molecular formula is C15H24N2O. The van der Waals surface area contributed by atoms with Gasteiger partial charge in [-0.3, -0.25) is 0 Å². The number of hydrogen-bond donors (Lipinski definition) is 1. The molecule has 18 heavy (non-hydrogen) atoms. The van der Waals surface area contributed by atoms with Crippen LogP contribution in [-0.2, 0) is 0 Å². The second kappa shape index (κ2) is 4.60. The summed E-state index contributed by atoms with van der Waals surface area (Å²) in [5.41, 5.74) is 2.19. The van der Waals surface area contributed by atoms with Crippen molar-refractivity contribution in [2.24, 2.45) is 11.3 Å².